The molecule has 20 heavy (non-hydrogen) atoms. The Bertz CT molecular complexity index is 585. The summed E-state index contributed by atoms with van der Waals surface area (Å²) in [6, 6.07) is 8.95. The first-order valence-electron chi connectivity index (χ1n) is 6.34. The molecule has 108 valence electrons. The first kappa shape index (κ1) is 16.0. The van der Waals surface area contributed by atoms with Gasteiger partial charge in [-0.05, 0) is 69.5 Å². The predicted molar refractivity (Wildman–Crippen MR) is 92.7 cm³/mol. The maximum atomic E-state index is 5.26. The molecule has 1 aromatic carbocycles. The molecule has 1 heterocycles. The van der Waals surface area contributed by atoms with Gasteiger partial charge in [0.15, 0.2) is 0 Å². The summed E-state index contributed by atoms with van der Waals surface area (Å²) in [5.41, 5.74) is 1.24. The van der Waals surface area contributed by atoms with Gasteiger partial charge >= 0.3 is 0 Å². The van der Waals surface area contributed by atoms with Crippen molar-refractivity contribution >= 4 is 43.2 Å². The molecule has 0 saturated heterocycles. The summed E-state index contributed by atoms with van der Waals surface area (Å²) < 4.78 is 7.39. The number of hydrogen-bond acceptors (Lipinski definition) is 3. The summed E-state index contributed by atoms with van der Waals surface area (Å²) in [4.78, 5) is 1.33. The van der Waals surface area contributed by atoms with E-state index in [0.717, 1.165) is 14.7 Å². The Kier molecular flexibility index (Phi) is 5.66. The second kappa shape index (κ2) is 7.07. The van der Waals surface area contributed by atoms with Crippen LogP contribution in [0.5, 0.6) is 5.75 Å². The summed E-state index contributed by atoms with van der Waals surface area (Å²) in [6.45, 7) is 4.36. The van der Waals surface area contributed by atoms with Crippen LogP contribution in [0.3, 0.4) is 0 Å². The Morgan fingerprint density at radius 1 is 1.15 bits per heavy atom. The summed E-state index contributed by atoms with van der Waals surface area (Å²) in [6.07, 6.45) is 0. The quantitative estimate of drug-likeness (QED) is 0.672. The molecule has 0 saturated carbocycles. The number of benzene rings is 1. The van der Waals surface area contributed by atoms with Crippen molar-refractivity contribution in [2.75, 3.05) is 7.11 Å². The summed E-state index contributed by atoms with van der Waals surface area (Å²) in [7, 11) is 1.68. The number of rotatable bonds is 5. The highest BCUT2D eigenvalue weighted by atomic mass is 79.9. The maximum Gasteiger partial charge on any atom is 0.133 e. The third kappa shape index (κ3) is 3.85. The highest BCUT2D eigenvalue weighted by Crippen LogP contribution is 2.30. The Hall–Kier alpha value is -0.360. The van der Waals surface area contributed by atoms with Crippen LogP contribution in [0.2, 0.25) is 0 Å². The van der Waals surface area contributed by atoms with Gasteiger partial charge in [0.1, 0.15) is 5.75 Å². The fourth-order valence-electron chi connectivity index (χ4n) is 2.06. The van der Waals surface area contributed by atoms with Gasteiger partial charge < -0.3 is 10.1 Å². The molecule has 0 aliphatic heterocycles. The summed E-state index contributed by atoms with van der Waals surface area (Å²) in [5.74, 6) is 0.858. The highest BCUT2D eigenvalue weighted by Gasteiger charge is 2.14. The number of hydrogen-bond donors (Lipinski definition) is 1. The number of methoxy groups -OCH3 is 1. The van der Waals surface area contributed by atoms with Gasteiger partial charge in [-0.2, -0.15) is 0 Å². The molecule has 1 N–H and O–H groups in total. The maximum absolute atomic E-state index is 5.26. The Balaban J connectivity index is 2.07. The third-order valence-electron chi connectivity index (χ3n) is 3.19. The molecule has 0 spiro atoms. The van der Waals surface area contributed by atoms with Crippen molar-refractivity contribution in [3.8, 4) is 5.75 Å². The van der Waals surface area contributed by atoms with Gasteiger partial charge in [0.2, 0.25) is 0 Å². The van der Waals surface area contributed by atoms with Gasteiger partial charge in [0.25, 0.3) is 0 Å². The van der Waals surface area contributed by atoms with Crippen LogP contribution in [0.15, 0.2) is 38.6 Å². The van der Waals surface area contributed by atoms with E-state index in [2.05, 4.69) is 74.6 Å². The summed E-state index contributed by atoms with van der Waals surface area (Å²) in [5, 5.41) is 5.73. The number of halogens is 2. The molecule has 2 atom stereocenters. The zero-order chi connectivity index (χ0) is 14.7. The molecule has 0 fully saturated rings. The van der Waals surface area contributed by atoms with Crippen molar-refractivity contribution in [1.29, 1.82) is 0 Å². The monoisotopic (exact) mass is 417 g/mol. The average Bonchev–Trinajstić information content (AvgIpc) is 2.85. The molecular formula is C15H17Br2NOS. The molecule has 2 unspecified atom stereocenters. The van der Waals surface area contributed by atoms with E-state index in [1.165, 1.54) is 10.4 Å². The average molecular weight is 419 g/mol. The minimum Gasteiger partial charge on any atom is -0.496 e. The van der Waals surface area contributed by atoms with Crippen molar-refractivity contribution in [2.45, 2.75) is 25.9 Å². The number of nitrogens with one attached hydrogen (secondary N) is 1. The van der Waals surface area contributed by atoms with Crippen LogP contribution in [0.25, 0.3) is 0 Å². The van der Waals surface area contributed by atoms with Crippen molar-refractivity contribution in [2.24, 2.45) is 0 Å². The molecule has 2 rings (SSSR count). The Morgan fingerprint density at radius 3 is 2.45 bits per heavy atom. The molecule has 1 aromatic heterocycles. The standard InChI is InChI=1S/C15H17Br2NOS/c1-9(11-4-5-14(19-3)13(17)6-11)18-10(2)15-7-12(16)8-20-15/h4-10,18H,1-3H3. The van der Waals surface area contributed by atoms with E-state index >= 15 is 0 Å². The molecule has 2 nitrogen and oxygen atoms in total. The van der Waals surface area contributed by atoms with Crippen LogP contribution in [-0.4, -0.2) is 7.11 Å². The molecule has 0 aliphatic rings. The first-order chi connectivity index (χ1) is 9.51. The molecule has 0 aliphatic carbocycles. The topological polar surface area (TPSA) is 21.3 Å². The van der Waals surface area contributed by atoms with Gasteiger partial charge in [-0.1, -0.05) is 6.07 Å². The lowest BCUT2D eigenvalue weighted by Gasteiger charge is -2.20. The molecule has 0 bridgehead atoms. The smallest absolute Gasteiger partial charge is 0.133 e. The summed E-state index contributed by atoms with van der Waals surface area (Å²) >= 11 is 8.80. The molecule has 2 aromatic rings. The van der Waals surface area contributed by atoms with E-state index in [1.54, 1.807) is 18.4 Å². The van der Waals surface area contributed by atoms with Crippen LogP contribution in [-0.2, 0) is 0 Å². The van der Waals surface area contributed by atoms with Gasteiger partial charge in [-0.3, -0.25) is 0 Å². The lowest BCUT2D eigenvalue weighted by Crippen LogP contribution is -2.21. The van der Waals surface area contributed by atoms with E-state index in [4.69, 9.17) is 4.74 Å². The number of ether oxygens (including phenoxy) is 1. The fourth-order valence-corrected chi connectivity index (χ4v) is 4.08. The van der Waals surface area contributed by atoms with Crippen LogP contribution < -0.4 is 10.1 Å². The van der Waals surface area contributed by atoms with Gasteiger partial charge in [0.05, 0.1) is 11.6 Å². The van der Waals surface area contributed by atoms with E-state index in [1.807, 2.05) is 6.07 Å². The van der Waals surface area contributed by atoms with Crippen molar-refractivity contribution < 1.29 is 4.74 Å². The minimum atomic E-state index is 0.271. The van der Waals surface area contributed by atoms with E-state index in [-0.39, 0.29) is 6.04 Å². The lowest BCUT2D eigenvalue weighted by molar-refractivity contribution is 0.411. The van der Waals surface area contributed by atoms with Gasteiger partial charge in [0, 0.05) is 26.8 Å². The predicted octanol–water partition coefficient (Wildman–Crippen LogP) is 5.69. The van der Waals surface area contributed by atoms with Crippen LogP contribution in [0, 0.1) is 0 Å². The second-order valence-electron chi connectivity index (χ2n) is 4.67. The fraction of sp³-hybridized carbons (Fsp3) is 0.333. The van der Waals surface area contributed by atoms with Crippen molar-refractivity contribution in [3.05, 3.63) is 49.0 Å². The molecule has 5 heteroatoms. The van der Waals surface area contributed by atoms with E-state index in [9.17, 15) is 0 Å². The third-order valence-corrected chi connectivity index (χ3v) is 5.69. The normalized spacial score (nSPS) is 14.1. The van der Waals surface area contributed by atoms with Crippen LogP contribution in [0.1, 0.15) is 36.4 Å². The van der Waals surface area contributed by atoms with Gasteiger partial charge in [-0.25, -0.2) is 0 Å². The molecule has 0 amide bonds. The van der Waals surface area contributed by atoms with Crippen LogP contribution in [0.4, 0.5) is 0 Å². The van der Waals surface area contributed by atoms with Crippen molar-refractivity contribution in [1.82, 2.24) is 5.32 Å². The minimum absolute atomic E-state index is 0.271. The largest absolute Gasteiger partial charge is 0.496 e. The molecule has 0 radical (unpaired) electrons. The highest BCUT2D eigenvalue weighted by molar-refractivity contribution is 9.10. The Labute approximate surface area is 140 Å². The zero-order valence-corrected chi connectivity index (χ0v) is 15.6. The van der Waals surface area contributed by atoms with E-state index < -0.39 is 0 Å². The first-order valence-corrected chi connectivity index (χ1v) is 8.81. The van der Waals surface area contributed by atoms with E-state index in [0.29, 0.717) is 6.04 Å². The SMILES string of the molecule is COc1ccc(C(C)NC(C)c2cc(Br)cs2)cc1Br. The van der Waals surface area contributed by atoms with Gasteiger partial charge in [-0.15, -0.1) is 11.3 Å². The van der Waals surface area contributed by atoms with Crippen molar-refractivity contribution in [3.63, 3.8) is 0 Å². The van der Waals surface area contributed by atoms with Crippen LogP contribution >= 0.6 is 43.2 Å². The zero-order valence-electron chi connectivity index (χ0n) is 11.6. The molecular weight excluding hydrogens is 402 g/mol. The Morgan fingerprint density at radius 2 is 1.90 bits per heavy atom. The second-order valence-corrected chi connectivity index (χ2v) is 7.38. The lowest BCUT2D eigenvalue weighted by atomic mass is 10.1. The number of thiophene rings is 1.